The summed E-state index contributed by atoms with van der Waals surface area (Å²) in [5.74, 6) is -2.45. The van der Waals surface area contributed by atoms with Crippen LogP contribution in [0.25, 0.3) is 0 Å². The molecule has 14 heteroatoms. The number of phosphoric acid groups is 1. The molecule has 4 atom stereocenters. The summed E-state index contributed by atoms with van der Waals surface area (Å²) in [6, 6.07) is -1.22. The van der Waals surface area contributed by atoms with Gasteiger partial charge in [0.2, 0.25) is 0 Å². The average molecular weight is 906 g/mol. The van der Waals surface area contributed by atoms with Crippen LogP contribution >= 0.6 is 19.6 Å². The van der Waals surface area contributed by atoms with Crippen molar-refractivity contribution in [1.82, 2.24) is 0 Å². The van der Waals surface area contributed by atoms with Gasteiger partial charge in [0.25, 0.3) is 0 Å². The highest BCUT2D eigenvalue weighted by atomic mass is 32.2. The summed E-state index contributed by atoms with van der Waals surface area (Å²) in [7, 11) is -4.93. The van der Waals surface area contributed by atoms with E-state index in [2.05, 4.69) is 91.3 Å². The van der Waals surface area contributed by atoms with Crippen LogP contribution in [0.1, 0.15) is 129 Å². The molecule has 0 radical (unpaired) electrons. The van der Waals surface area contributed by atoms with E-state index in [9.17, 15) is 33.8 Å². The third-order valence-corrected chi connectivity index (χ3v) is 10.7. The summed E-state index contributed by atoms with van der Waals surface area (Å²) < 4.78 is 26.5. The van der Waals surface area contributed by atoms with E-state index in [1.165, 1.54) is 31.0 Å². The summed E-state index contributed by atoms with van der Waals surface area (Å²) in [6.45, 7) is 3.08. The minimum Gasteiger partial charge on any atom is -0.481 e. The zero-order valence-corrected chi connectivity index (χ0v) is 38.8. The predicted molar refractivity (Wildman–Crippen MR) is 253 cm³/mol. The number of aliphatic carboxylic acids is 1. The van der Waals surface area contributed by atoms with Crippen molar-refractivity contribution in [2.45, 2.75) is 153 Å². The number of nitrogens with two attached hydrogens (primary N) is 1. The molecule has 12 nitrogen and oxygen atoms in total. The zero-order valence-electron chi connectivity index (χ0n) is 37.1. The minimum absolute atomic E-state index is 0.0104. The van der Waals surface area contributed by atoms with Crippen molar-refractivity contribution < 1.29 is 52.9 Å². The maximum atomic E-state index is 13.0. The number of hydrogen-bond donors (Lipinski definition) is 5. The number of carbonyl (C=O) groups is 3. The van der Waals surface area contributed by atoms with E-state index in [1.54, 1.807) is 18.2 Å². The molecule has 0 aliphatic heterocycles. The molecule has 0 aromatic rings. The molecule has 350 valence electrons. The summed E-state index contributed by atoms with van der Waals surface area (Å²) in [5.41, 5.74) is 6.12. The van der Waals surface area contributed by atoms with Gasteiger partial charge in [-0.3, -0.25) is 18.9 Å². The molecular weight excluding hydrogens is 830 g/mol. The number of hydrogen-bond acceptors (Lipinski definition) is 10. The fourth-order valence-electron chi connectivity index (χ4n) is 5.35. The molecule has 6 N–H and O–H groups in total. The van der Waals surface area contributed by atoms with Gasteiger partial charge < -0.3 is 35.2 Å². The molecule has 0 aliphatic rings. The average Bonchev–Trinajstić information content (AvgIpc) is 3.23. The van der Waals surface area contributed by atoms with Gasteiger partial charge >= 0.3 is 25.7 Å². The van der Waals surface area contributed by atoms with Gasteiger partial charge in [-0.05, 0) is 83.5 Å². The van der Waals surface area contributed by atoms with Crippen LogP contribution in [0.2, 0.25) is 0 Å². The lowest BCUT2D eigenvalue weighted by molar-refractivity contribution is -0.161. The van der Waals surface area contributed by atoms with Crippen LogP contribution in [-0.2, 0) is 32.9 Å². The van der Waals surface area contributed by atoms with Crippen molar-refractivity contribution in [3.05, 3.63) is 109 Å². The Balaban J connectivity index is 4.86. The number of carbonyl (C=O) groups excluding carboxylic acids is 2. The van der Waals surface area contributed by atoms with Gasteiger partial charge in [-0.2, -0.15) is 0 Å². The third kappa shape index (κ3) is 40.5. The highest BCUT2D eigenvalue weighted by molar-refractivity contribution is 8.00. The van der Waals surface area contributed by atoms with Gasteiger partial charge in [0.1, 0.15) is 12.6 Å². The molecule has 0 rings (SSSR count). The first-order chi connectivity index (χ1) is 29.9. The second-order valence-electron chi connectivity index (χ2n) is 14.5. The summed E-state index contributed by atoms with van der Waals surface area (Å²) in [4.78, 5) is 54.8. The zero-order chi connectivity index (χ0) is 45.9. The van der Waals surface area contributed by atoms with Gasteiger partial charge in [0.15, 0.2) is 6.10 Å². The van der Waals surface area contributed by atoms with Crippen molar-refractivity contribution in [3.8, 4) is 0 Å². The number of rotatable bonds is 39. The van der Waals surface area contributed by atoms with Gasteiger partial charge in [-0.25, -0.2) is 4.57 Å². The van der Waals surface area contributed by atoms with E-state index < -0.39 is 62.4 Å². The molecule has 0 heterocycles. The van der Waals surface area contributed by atoms with Gasteiger partial charge in [-0.1, -0.05) is 142 Å². The van der Waals surface area contributed by atoms with E-state index in [0.29, 0.717) is 6.42 Å². The largest absolute Gasteiger partial charge is 0.481 e. The smallest absolute Gasteiger partial charge is 0.469 e. The van der Waals surface area contributed by atoms with Crippen molar-refractivity contribution in [1.29, 1.82) is 0 Å². The Hall–Kier alpha value is -3.55. The lowest BCUT2D eigenvalue weighted by atomic mass is 10.1. The first kappa shape index (κ1) is 58.5. The Kier molecular flexibility index (Phi) is 39.1. The second-order valence-corrected chi connectivity index (χ2v) is 16.9. The van der Waals surface area contributed by atoms with Crippen LogP contribution in [0.4, 0.5) is 0 Å². The number of aliphatic hydroxyl groups excluding tert-OH is 1. The molecule has 0 amide bonds. The maximum Gasteiger partial charge on any atom is 0.469 e. The Bertz CT molecular complexity index is 1490. The summed E-state index contributed by atoms with van der Waals surface area (Å²) in [6.07, 6.45) is 48.5. The number of ether oxygens (including phenoxy) is 2. The van der Waals surface area contributed by atoms with Crippen molar-refractivity contribution in [3.63, 3.8) is 0 Å². The molecule has 0 aromatic heterocycles. The Morgan fingerprint density at radius 1 is 0.677 bits per heavy atom. The lowest BCUT2D eigenvalue weighted by Gasteiger charge is -2.23. The van der Waals surface area contributed by atoms with Crippen molar-refractivity contribution >= 4 is 37.5 Å². The Morgan fingerprint density at radius 3 is 1.82 bits per heavy atom. The van der Waals surface area contributed by atoms with E-state index >= 15 is 0 Å². The molecule has 0 aromatic carbocycles. The van der Waals surface area contributed by atoms with Gasteiger partial charge in [0, 0.05) is 23.8 Å². The Labute approximate surface area is 376 Å². The third-order valence-electron chi connectivity index (χ3n) is 8.78. The van der Waals surface area contributed by atoms with Crippen molar-refractivity contribution in [2.24, 2.45) is 5.73 Å². The monoisotopic (exact) mass is 905 g/mol. The van der Waals surface area contributed by atoms with Crippen LogP contribution < -0.4 is 5.73 Å². The van der Waals surface area contributed by atoms with Gasteiger partial charge in [0.05, 0.1) is 12.7 Å². The van der Waals surface area contributed by atoms with E-state index in [1.807, 2.05) is 18.2 Å². The lowest BCUT2D eigenvalue weighted by Crippen LogP contribution is -2.40. The first-order valence-electron chi connectivity index (χ1n) is 22.1. The van der Waals surface area contributed by atoms with E-state index in [4.69, 9.17) is 20.3 Å². The molecular formula is C48H76NO11PS. The number of carboxylic acids is 1. The maximum absolute atomic E-state index is 13.0. The fraction of sp³-hybridized carbons (Fsp3) is 0.562. The summed E-state index contributed by atoms with van der Waals surface area (Å²) >= 11 is 1.17. The number of thioether (sulfide) groups is 1. The summed E-state index contributed by atoms with van der Waals surface area (Å²) in [5, 5.41) is 19.3. The van der Waals surface area contributed by atoms with Gasteiger partial charge in [-0.15, -0.1) is 11.8 Å². The number of esters is 2. The second kappa shape index (κ2) is 41.5. The fourth-order valence-corrected chi connectivity index (χ4v) is 6.84. The standard InChI is InChI=1S/C48H76NO11PS/c1-3-5-7-9-11-13-15-17-18-19-20-21-22-23-25-27-29-31-33-38-47(53)58-39-42(40-59-61(55,56)57)60-48(54)43(49)41-62-45(44(50)35-34-37-46(51)52)36-32-30-28-26-24-16-14-12-10-8-6-4-2/h5,7,11-14,17-18,20-21,23-26,28,30,32,36,42-45,50H,3-4,6,8-10,15-16,19,22,27,29,31,33-35,37-41,49H2,1-2H3,(H,51,52)(H2,55,56,57)/b7-5-,13-11-,14-12-,18-17-,21-20-,25-23-,26-24-,30-28+,36-32+/t42-,43+,44+,45-/m1/s1. The quantitative estimate of drug-likeness (QED) is 0.0128. The Morgan fingerprint density at radius 2 is 1.24 bits per heavy atom. The predicted octanol–water partition coefficient (Wildman–Crippen LogP) is 10.5. The van der Waals surface area contributed by atoms with Crippen LogP contribution in [0.3, 0.4) is 0 Å². The highest BCUT2D eigenvalue weighted by Crippen LogP contribution is 2.36. The highest BCUT2D eigenvalue weighted by Gasteiger charge is 2.27. The van der Waals surface area contributed by atoms with Crippen LogP contribution in [-0.4, -0.2) is 80.4 Å². The van der Waals surface area contributed by atoms with E-state index in [-0.39, 0.29) is 31.4 Å². The molecule has 0 unspecified atom stereocenters. The molecule has 0 saturated carbocycles. The molecule has 0 spiro atoms. The molecule has 0 saturated heterocycles. The van der Waals surface area contributed by atoms with Crippen LogP contribution in [0.15, 0.2) is 109 Å². The topological polar surface area (TPSA) is 203 Å². The molecule has 62 heavy (non-hydrogen) atoms. The minimum atomic E-state index is -4.93. The number of aliphatic hydroxyl groups is 1. The van der Waals surface area contributed by atoms with Crippen LogP contribution in [0, 0.1) is 0 Å². The number of phosphoric ester groups is 1. The normalized spacial score (nSPS) is 14.9. The van der Waals surface area contributed by atoms with E-state index in [0.717, 1.165) is 64.2 Å². The SMILES string of the molecule is CC/C=C\C/C=C\C/C=C\C/C=C\C/C=C\CCCCCC(=O)OC[C@H](COP(=O)(O)O)OC(=O)[C@@H](N)CS[C@H](/C=C/C=C/C=C\C/C=C\CCCCC)[C@@H](O)CCCC(=O)O. The molecule has 0 fully saturated rings. The number of carboxylic acid groups (broad SMARTS) is 1. The first-order valence-corrected chi connectivity index (χ1v) is 24.7. The number of unbranched alkanes of at least 4 members (excludes halogenated alkanes) is 6. The number of allylic oxidation sites excluding steroid dienone is 17. The molecule has 0 aliphatic carbocycles. The van der Waals surface area contributed by atoms with Crippen LogP contribution in [0.5, 0.6) is 0 Å². The van der Waals surface area contributed by atoms with Crippen molar-refractivity contribution in [2.75, 3.05) is 19.0 Å². The molecule has 0 bridgehead atoms.